The van der Waals surface area contributed by atoms with E-state index in [0.717, 1.165) is 63.8 Å². The van der Waals surface area contributed by atoms with E-state index in [0.29, 0.717) is 12.5 Å². The van der Waals surface area contributed by atoms with Gasteiger partial charge < -0.3 is 9.64 Å². The molecule has 26 heavy (non-hydrogen) atoms. The second-order valence-electron chi connectivity index (χ2n) is 8.24. The van der Waals surface area contributed by atoms with Gasteiger partial charge in [-0.25, -0.2) is 0 Å². The fourth-order valence-corrected chi connectivity index (χ4v) is 4.11. The van der Waals surface area contributed by atoms with Gasteiger partial charge in [-0.15, -0.1) is 0 Å². The fourth-order valence-electron chi connectivity index (χ4n) is 4.11. The van der Waals surface area contributed by atoms with Crippen LogP contribution in [0.2, 0.25) is 0 Å². The Morgan fingerprint density at radius 2 is 1.81 bits per heavy atom. The summed E-state index contributed by atoms with van der Waals surface area (Å²) in [6, 6.07) is 5.69. The Morgan fingerprint density at radius 3 is 2.46 bits per heavy atom. The van der Waals surface area contributed by atoms with Crippen molar-refractivity contribution in [3.05, 3.63) is 35.4 Å². The number of benzene rings is 1. The lowest BCUT2D eigenvalue weighted by Gasteiger charge is -2.40. The fraction of sp³-hybridized carbons (Fsp3) is 0.700. The number of nitrogens with zero attached hydrogens (tertiary/aromatic N) is 2. The Balaban J connectivity index is 1.47. The average Bonchev–Trinajstić information content (AvgIpc) is 2.55. The minimum atomic E-state index is -4.27. The van der Waals surface area contributed by atoms with Gasteiger partial charge >= 0.3 is 6.18 Å². The number of rotatable bonds is 4. The molecule has 0 saturated carbocycles. The zero-order chi connectivity index (χ0) is 18.8. The van der Waals surface area contributed by atoms with Crippen molar-refractivity contribution < 1.29 is 17.9 Å². The smallest absolute Gasteiger partial charge is 0.376 e. The molecule has 0 amide bonds. The van der Waals surface area contributed by atoms with Gasteiger partial charge in [0, 0.05) is 45.9 Å². The minimum absolute atomic E-state index is 0.0196. The van der Waals surface area contributed by atoms with Crippen molar-refractivity contribution in [2.75, 3.05) is 39.3 Å². The standard InChI is InChI=1S/C20H29F3N2O/c1-19(2)13-17(6-11-26-19)15-25-9-7-24(8-10-25)14-16-4-3-5-18(12-16)20(21,22)23/h3-5,12,17H,6-11,13-15H2,1-2H3/t17-/m0/s1. The van der Waals surface area contributed by atoms with E-state index in [4.69, 9.17) is 4.74 Å². The van der Waals surface area contributed by atoms with Crippen molar-refractivity contribution in [1.82, 2.24) is 9.80 Å². The van der Waals surface area contributed by atoms with Crippen LogP contribution < -0.4 is 0 Å². The van der Waals surface area contributed by atoms with Crippen LogP contribution in [0, 0.1) is 5.92 Å². The number of ether oxygens (including phenoxy) is 1. The van der Waals surface area contributed by atoms with Gasteiger partial charge in [0.1, 0.15) is 0 Å². The summed E-state index contributed by atoms with van der Waals surface area (Å²) in [4.78, 5) is 4.74. The highest BCUT2D eigenvalue weighted by Crippen LogP contribution is 2.30. The minimum Gasteiger partial charge on any atom is -0.376 e. The molecule has 146 valence electrons. The second-order valence-corrected chi connectivity index (χ2v) is 8.24. The van der Waals surface area contributed by atoms with Crippen LogP contribution in [0.15, 0.2) is 24.3 Å². The van der Waals surface area contributed by atoms with Gasteiger partial charge in [0.05, 0.1) is 11.2 Å². The molecule has 1 aromatic rings. The molecular formula is C20H29F3N2O. The molecule has 1 atom stereocenters. The van der Waals surface area contributed by atoms with Crippen LogP contribution in [-0.4, -0.2) is 54.7 Å². The van der Waals surface area contributed by atoms with E-state index in [2.05, 4.69) is 23.6 Å². The van der Waals surface area contributed by atoms with Gasteiger partial charge in [0.15, 0.2) is 0 Å². The molecule has 0 spiro atoms. The molecule has 0 aromatic heterocycles. The van der Waals surface area contributed by atoms with E-state index in [9.17, 15) is 13.2 Å². The molecule has 2 saturated heterocycles. The molecule has 0 unspecified atom stereocenters. The predicted octanol–water partition coefficient (Wildman–Crippen LogP) is 4.03. The summed E-state index contributed by atoms with van der Waals surface area (Å²) in [5.41, 5.74) is 0.157. The van der Waals surface area contributed by atoms with Crippen molar-refractivity contribution >= 4 is 0 Å². The highest BCUT2D eigenvalue weighted by atomic mass is 19.4. The third-order valence-electron chi connectivity index (χ3n) is 5.44. The van der Waals surface area contributed by atoms with E-state index < -0.39 is 11.7 Å². The van der Waals surface area contributed by atoms with E-state index in [1.807, 2.05) is 0 Å². The molecule has 2 fully saturated rings. The number of alkyl halides is 3. The monoisotopic (exact) mass is 370 g/mol. The molecule has 2 aliphatic heterocycles. The van der Waals surface area contributed by atoms with Gasteiger partial charge in [-0.1, -0.05) is 18.2 Å². The summed E-state index contributed by atoms with van der Waals surface area (Å²) in [6.07, 6.45) is -2.06. The SMILES string of the molecule is CC1(C)C[C@@H](CN2CCN(Cc3cccc(C(F)(F)F)c3)CC2)CCO1. The van der Waals surface area contributed by atoms with Crippen molar-refractivity contribution in [2.24, 2.45) is 5.92 Å². The summed E-state index contributed by atoms with van der Waals surface area (Å²) in [5.74, 6) is 0.675. The van der Waals surface area contributed by atoms with Crippen LogP contribution in [0.25, 0.3) is 0 Å². The first-order valence-electron chi connectivity index (χ1n) is 9.46. The molecule has 6 heteroatoms. The van der Waals surface area contributed by atoms with Crippen molar-refractivity contribution in [3.8, 4) is 0 Å². The van der Waals surface area contributed by atoms with Crippen LogP contribution in [0.1, 0.15) is 37.8 Å². The maximum Gasteiger partial charge on any atom is 0.416 e. The lowest BCUT2D eigenvalue weighted by Crippen LogP contribution is -2.48. The highest BCUT2D eigenvalue weighted by molar-refractivity contribution is 5.25. The normalized spacial score (nSPS) is 25.3. The Bertz CT molecular complexity index is 595. The maximum atomic E-state index is 12.8. The molecule has 1 aromatic carbocycles. The maximum absolute atomic E-state index is 12.8. The second kappa shape index (κ2) is 7.87. The zero-order valence-electron chi connectivity index (χ0n) is 15.7. The van der Waals surface area contributed by atoms with Gasteiger partial charge in [-0.3, -0.25) is 4.90 Å². The van der Waals surface area contributed by atoms with E-state index >= 15 is 0 Å². The molecule has 0 radical (unpaired) electrons. The number of hydrogen-bond donors (Lipinski definition) is 0. The molecule has 2 heterocycles. The third-order valence-corrected chi connectivity index (χ3v) is 5.44. The van der Waals surface area contributed by atoms with E-state index in [1.54, 1.807) is 6.07 Å². The zero-order valence-corrected chi connectivity index (χ0v) is 15.7. The molecular weight excluding hydrogens is 341 g/mol. The average molecular weight is 370 g/mol. The summed E-state index contributed by atoms with van der Waals surface area (Å²) in [5, 5.41) is 0. The number of piperazine rings is 1. The summed E-state index contributed by atoms with van der Waals surface area (Å²) >= 11 is 0. The topological polar surface area (TPSA) is 15.7 Å². The number of hydrogen-bond acceptors (Lipinski definition) is 3. The molecule has 3 nitrogen and oxygen atoms in total. The first-order valence-corrected chi connectivity index (χ1v) is 9.46. The van der Waals surface area contributed by atoms with Gasteiger partial charge in [-0.2, -0.15) is 13.2 Å². The van der Waals surface area contributed by atoms with Crippen LogP contribution in [-0.2, 0) is 17.5 Å². The van der Waals surface area contributed by atoms with Crippen molar-refractivity contribution in [2.45, 2.75) is 45.0 Å². The van der Waals surface area contributed by atoms with Crippen molar-refractivity contribution in [1.29, 1.82) is 0 Å². The van der Waals surface area contributed by atoms with E-state index in [1.165, 1.54) is 12.1 Å². The summed E-state index contributed by atoms with van der Waals surface area (Å²) in [7, 11) is 0. The third kappa shape index (κ3) is 5.44. The van der Waals surface area contributed by atoms with Gasteiger partial charge in [0.25, 0.3) is 0 Å². The molecule has 0 aliphatic carbocycles. The Labute approximate surface area is 154 Å². The summed E-state index contributed by atoms with van der Waals surface area (Å²) in [6.45, 7) is 10.6. The Hall–Kier alpha value is -1.11. The van der Waals surface area contributed by atoms with Crippen LogP contribution in [0.3, 0.4) is 0 Å². The quantitative estimate of drug-likeness (QED) is 0.796. The van der Waals surface area contributed by atoms with Crippen LogP contribution >= 0.6 is 0 Å². The largest absolute Gasteiger partial charge is 0.416 e. The molecule has 0 bridgehead atoms. The summed E-state index contributed by atoms with van der Waals surface area (Å²) < 4.78 is 44.3. The van der Waals surface area contributed by atoms with Gasteiger partial charge in [-0.05, 0) is 44.2 Å². The Kier molecular flexibility index (Phi) is 5.94. The van der Waals surface area contributed by atoms with E-state index in [-0.39, 0.29) is 5.60 Å². The van der Waals surface area contributed by atoms with Crippen LogP contribution in [0.4, 0.5) is 13.2 Å². The predicted molar refractivity (Wildman–Crippen MR) is 95.9 cm³/mol. The molecule has 0 N–H and O–H groups in total. The van der Waals surface area contributed by atoms with Crippen LogP contribution in [0.5, 0.6) is 0 Å². The lowest BCUT2D eigenvalue weighted by molar-refractivity contribution is -0.137. The van der Waals surface area contributed by atoms with Crippen molar-refractivity contribution in [3.63, 3.8) is 0 Å². The first-order chi connectivity index (χ1) is 12.2. The lowest BCUT2D eigenvalue weighted by atomic mass is 9.88. The Morgan fingerprint density at radius 1 is 1.12 bits per heavy atom. The number of halogens is 3. The molecule has 3 rings (SSSR count). The highest BCUT2D eigenvalue weighted by Gasteiger charge is 2.31. The first kappa shape index (κ1) is 19.6. The molecule has 2 aliphatic rings. The van der Waals surface area contributed by atoms with Gasteiger partial charge in [0.2, 0.25) is 0 Å².